The quantitative estimate of drug-likeness (QED) is 0.515. The van der Waals surface area contributed by atoms with Crippen molar-refractivity contribution in [3.05, 3.63) is 16.3 Å². The highest BCUT2D eigenvalue weighted by Crippen LogP contribution is 2.17. The summed E-state index contributed by atoms with van der Waals surface area (Å²) in [5, 5.41) is 1.98. The van der Waals surface area contributed by atoms with Crippen molar-refractivity contribution in [2.45, 2.75) is 19.8 Å². The summed E-state index contributed by atoms with van der Waals surface area (Å²) in [7, 11) is 5.53. The molecule has 0 fully saturated rings. The van der Waals surface area contributed by atoms with E-state index >= 15 is 0 Å². The molecule has 1 aromatic rings. The molecule has 0 unspecified atom stereocenters. The van der Waals surface area contributed by atoms with Gasteiger partial charge in [0, 0.05) is 4.88 Å². The number of hydrogen-bond acceptors (Lipinski definition) is 1. The molecule has 0 amide bonds. The van der Waals surface area contributed by atoms with E-state index in [1.165, 1.54) is 4.88 Å². The first-order valence-corrected chi connectivity index (χ1v) is 3.92. The summed E-state index contributed by atoms with van der Waals surface area (Å²) >= 11 is 1.73. The highest BCUT2D eigenvalue weighted by atomic mass is 32.1. The van der Waals surface area contributed by atoms with Crippen LogP contribution >= 0.6 is 11.3 Å². The number of thiophene rings is 1. The summed E-state index contributed by atoms with van der Waals surface area (Å²) < 4.78 is 0. The predicted molar refractivity (Wildman–Crippen MR) is 43.8 cm³/mol. The molecule has 0 saturated carbocycles. The molecule has 46 valence electrons. The SMILES string of the molecule is [B]c1csc(C(C)C)c1. The molecule has 0 nitrogen and oxygen atoms in total. The maximum atomic E-state index is 5.53. The van der Waals surface area contributed by atoms with E-state index in [2.05, 4.69) is 13.8 Å². The van der Waals surface area contributed by atoms with Crippen LogP contribution in [-0.2, 0) is 0 Å². The first-order chi connectivity index (χ1) is 4.20. The van der Waals surface area contributed by atoms with Gasteiger partial charge < -0.3 is 0 Å². The van der Waals surface area contributed by atoms with E-state index in [4.69, 9.17) is 7.85 Å². The molecule has 0 spiro atoms. The van der Waals surface area contributed by atoms with Gasteiger partial charge in [-0.05, 0) is 11.3 Å². The summed E-state index contributed by atoms with van der Waals surface area (Å²) in [4.78, 5) is 1.37. The lowest BCUT2D eigenvalue weighted by atomic mass is 9.99. The zero-order valence-electron chi connectivity index (χ0n) is 5.72. The van der Waals surface area contributed by atoms with Crippen LogP contribution in [0.1, 0.15) is 24.6 Å². The Bertz CT molecular complexity index is 191. The zero-order chi connectivity index (χ0) is 6.85. The van der Waals surface area contributed by atoms with Crippen LogP contribution in [0, 0.1) is 0 Å². The fourth-order valence-electron chi connectivity index (χ4n) is 0.671. The van der Waals surface area contributed by atoms with Gasteiger partial charge in [-0.1, -0.05) is 25.4 Å². The van der Waals surface area contributed by atoms with Crippen LogP contribution in [-0.4, -0.2) is 7.85 Å². The minimum absolute atomic E-state index is 0.618. The Kier molecular flexibility index (Phi) is 1.96. The molecule has 2 heteroatoms. The molecule has 1 rings (SSSR count). The molecular formula is C7H9BS. The summed E-state index contributed by atoms with van der Waals surface area (Å²) in [6.07, 6.45) is 0. The van der Waals surface area contributed by atoms with Gasteiger partial charge in [0.05, 0.1) is 0 Å². The van der Waals surface area contributed by atoms with Crippen LogP contribution in [0.3, 0.4) is 0 Å². The van der Waals surface area contributed by atoms with Gasteiger partial charge in [0.15, 0.2) is 0 Å². The molecule has 0 N–H and O–H groups in total. The minimum Gasteiger partial charge on any atom is -0.149 e. The predicted octanol–water partition coefficient (Wildman–Crippen LogP) is 1.67. The largest absolute Gasteiger partial charge is 0.149 e. The third-order valence-electron chi connectivity index (χ3n) is 1.21. The third-order valence-corrected chi connectivity index (χ3v) is 2.46. The van der Waals surface area contributed by atoms with Crippen LogP contribution < -0.4 is 5.46 Å². The number of hydrogen-bond donors (Lipinski definition) is 0. The average molecular weight is 136 g/mol. The van der Waals surface area contributed by atoms with Gasteiger partial charge >= 0.3 is 0 Å². The van der Waals surface area contributed by atoms with Crippen molar-refractivity contribution in [3.8, 4) is 0 Å². The molecule has 0 saturated heterocycles. The fourth-order valence-corrected chi connectivity index (χ4v) is 1.49. The Labute approximate surface area is 61.3 Å². The third kappa shape index (κ3) is 1.58. The van der Waals surface area contributed by atoms with E-state index in [1.807, 2.05) is 11.4 Å². The van der Waals surface area contributed by atoms with Crippen LogP contribution in [0.25, 0.3) is 0 Å². The van der Waals surface area contributed by atoms with Crippen molar-refractivity contribution in [1.82, 2.24) is 0 Å². The molecule has 0 aliphatic heterocycles. The van der Waals surface area contributed by atoms with E-state index in [-0.39, 0.29) is 0 Å². The molecular weight excluding hydrogens is 127 g/mol. The summed E-state index contributed by atoms with van der Waals surface area (Å²) in [5.41, 5.74) is 0.892. The van der Waals surface area contributed by atoms with Gasteiger partial charge in [0.1, 0.15) is 7.85 Å². The second-order valence-corrected chi connectivity index (χ2v) is 3.38. The van der Waals surface area contributed by atoms with Crippen molar-refractivity contribution in [1.29, 1.82) is 0 Å². The molecule has 0 bridgehead atoms. The van der Waals surface area contributed by atoms with Crippen molar-refractivity contribution in [2.75, 3.05) is 0 Å². The van der Waals surface area contributed by atoms with Crippen molar-refractivity contribution in [3.63, 3.8) is 0 Å². The zero-order valence-corrected chi connectivity index (χ0v) is 6.53. The lowest BCUT2D eigenvalue weighted by Gasteiger charge is -1.96. The van der Waals surface area contributed by atoms with Crippen molar-refractivity contribution in [2.24, 2.45) is 0 Å². The van der Waals surface area contributed by atoms with Crippen LogP contribution in [0.15, 0.2) is 11.4 Å². The maximum Gasteiger partial charge on any atom is 0.114 e. The summed E-state index contributed by atoms with van der Waals surface area (Å²) in [6, 6.07) is 2.04. The van der Waals surface area contributed by atoms with Crippen LogP contribution in [0.2, 0.25) is 0 Å². The first kappa shape index (κ1) is 6.88. The van der Waals surface area contributed by atoms with Crippen molar-refractivity contribution >= 4 is 24.6 Å². The molecule has 2 radical (unpaired) electrons. The second kappa shape index (κ2) is 2.57. The molecule has 1 aromatic heterocycles. The smallest absolute Gasteiger partial charge is 0.114 e. The van der Waals surface area contributed by atoms with E-state index in [0.717, 1.165) is 5.46 Å². The topological polar surface area (TPSA) is 0 Å². The lowest BCUT2D eigenvalue weighted by Crippen LogP contribution is -1.94. The fraction of sp³-hybridized carbons (Fsp3) is 0.429. The molecule has 9 heavy (non-hydrogen) atoms. The second-order valence-electron chi connectivity index (χ2n) is 2.44. The Morgan fingerprint density at radius 1 is 1.56 bits per heavy atom. The van der Waals surface area contributed by atoms with Gasteiger partial charge in [-0.3, -0.25) is 0 Å². The lowest BCUT2D eigenvalue weighted by molar-refractivity contribution is 0.890. The van der Waals surface area contributed by atoms with Gasteiger partial charge in [-0.15, -0.1) is 11.3 Å². The van der Waals surface area contributed by atoms with Gasteiger partial charge in [0.25, 0.3) is 0 Å². The minimum atomic E-state index is 0.618. The Hall–Kier alpha value is -0.235. The van der Waals surface area contributed by atoms with E-state index in [9.17, 15) is 0 Å². The van der Waals surface area contributed by atoms with Crippen LogP contribution in [0.5, 0.6) is 0 Å². The van der Waals surface area contributed by atoms with E-state index in [0.29, 0.717) is 5.92 Å². The van der Waals surface area contributed by atoms with E-state index < -0.39 is 0 Å². The molecule has 0 atom stereocenters. The Morgan fingerprint density at radius 2 is 2.22 bits per heavy atom. The standard InChI is InChI=1S/C7H9BS/c1-5(2)7-3-6(8)4-9-7/h3-5H,1-2H3. The molecule has 0 aromatic carbocycles. The normalized spacial score (nSPS) is 10.6. The van der Waals surface area contributed by atoms with E-state index in [1.54, 1.807) is 11.3 Å². The monoisotopic (exact) mass is 136 g/mol. The summed E-state index contributed by atoms with van der Waals surface area (Å²) in [5.74, 6) is 0.618. The van der Waals surface area contributed by atoms with Crippen molar-refractivity contribution < 1.29 is 0 Å². The van der Waals surface area contributed by atoms with Crippen LogP contribution in [0.4, 0.5) is 0 Å². The maximum absolute atomic E-state index is 5.53. The Morgan fingerprint density at radius 3 is 2.44 bits per heavy atom. The van der Waals surface area contributed by atoms with Gasteiger partial charge in [-0.25, -0.2) is 0 Å². The summed E-state index contributed by atoms with van der Waals surface area (Å²) in [6.45, 7) is 4.34. The molecule has 1 heterocycles. The molecule has 0 aliphatic rings. The highest BCUT2D eigenvalue weighted by molar-refractivity contribution is 7.11. The Balaban J connectivity index is 2.85. The number of rotatable bonds is 1. The van der Waals surface area contributed by atoms with Gasteiger partial charge in [0.2, 0.25) is 0 Å². The van der Waals surface area contributed by atoms with Gasteiger partial charge in [-0.2, -0.15) is 0 Å². The average Bonchev–Trinajstić information content (AvgIpc) is 2.14. The highest BCUT2D eigenvalue weighted by Gasteiger charge is 1.98. The first-order valence-electron chi connectivity index (χ1n) is 3.04. The molecule has 0 aliphatic carbocycles.